The number of nitrogens with zero attached hydrogens (tertiary/aromatic N) is 1. The zero-order valence-corrected chi connectivity index (χ0v) is 16.8. The fourth-order valence-electron chi connectivity index (χ4n) is 2.93. The lowest BCUT2D eigenvalue weighted by atomic mass is 10.2. The first-order valence-corrected chi connectivity index (χ1v) is 10.7. The molecular formula is C20H24N2O5S. The van der Waals surface area contributed by atoms with Crippen molar-refractivity contribution in [1.29, 1.82) is 0 Å². The third kappa shape index (κ3) is 4.28. The molecule has 0 aliphatic carbocycles. The predicted octanol–water partition coefficient (Wildman–Crippen LogP) is 3.13. The van der Waals surface area contributed by atoms with Crippen LogP contribution in [0.1, 0.15) is 30.6 Å². The molecule has 2 aromatic rings. The SMILES string of the molecule is CCN(CC)S(=O)(=O)c1ccc(NC(=O)c2ccc3c(c2)OCCCO3)cc1. The molecule has 0 spiro atoms. The molecule has 3 rings (SSSR count). The van der Waals surface area contributed by atoms with Crippen LogP contribution in [-0.4, -0.2) is 44.9 Å². The summed E-state index contributed by atoms with van der Waals surface area (Å²) in [6, 6.07) is 11.2. The Morgan fingerprint density at radius 3 is 2.29 bits per heavy atom. The Morgan fingerprint density at radius 2 is 1.64 bits per heavy atom. The Balaban J connectivity index is 1.74. The number of sulfonamides is 1. The molecule has 1 aliphatic rings. The normalized spacial score (nSPS) is 13.8. The molecule has 1 heterocycles. The van der Waals surface area contributed by atoms with Gasteiger partial charge in [0.1, 0.15) is 0 Å². The van der Waals surface area contributed by atoms with Crippen LogP contribution in [0.5, 0.6) is 11.5 Å². The number of hydrogen-bond donors (Lipinski definition) is 1. The van der Waals surface area contributed by atoms with Crippen LogP contribution in [0.3, 0.4) is 0 Å². The zero-order chi connectivity index (χ0) is 20.1. The molecule has 0 atom stereocenters. The molecule has 2 aromatic carbocycles. The lowest BCUT2D eigenvalue weighted by molar-refractivity contribution is 0.102. The van der Waals surface area contributed by atoms with Gasteiger partial charge in [-0.15, -0.1) is 0 Å². The number of benzene rings is 2. The number of amides is 1. The van der Waals surface area contributed by atoms with Crippen LogP contribution in [0.15, 0.2) is 47.4 Å². The minimum atomic E-state index is -3.52. The number of fused-ring (bicyclic) bond motifs is 1. The van der Waals surface area contributed by atoms with Crippen LogP contribution in [-0.2, 0) is 10.0 Å². The fourth-order valence-corrected chi connectivity index (χ4v) is 4.39. The van der Waals surface area contributed by atoms with Gasteiger partial charge in [-0.1, -0.05) is 13.8 Å². The van der Waals surface area contributed by atoms with Gasteiger partial charge in [0.2, 0.25) is 10.0 Å². The molecule has 28 heavy (non-hydrogen) atoms. The minimum Gasteiger partial charge on any atom is -0.490 e. The van der Waals surface area contributed by atoms with Crippen LogP contribution >= 0.6 is 0 Å². The molecule has 0 aromatic heterocycles. The van der Waals surface area contributed by atoms with E-state index in [-0.39, 0.29) is 10.8 Å². The Morgan fingerprint density at radius 1 is 1.00 bits per heavy atom. The third-order valence-electron chi connectivity index (χ3n) is 4.47. The highest BCUT2D eigenvalue weighted by Crippen LogP contribution is 2.30. The Labute approximate surface area is 165 Å². The maximum Gasteiger partial charge on any atom is 0.255 e. The highest BCUT2D eigenvalue weighted by Gasteiger charge is 2.21. The van der Waals surface area contributed by atoms with E-state index < -0.39 is 10.0 Å². The minimum absolute atomic E-state index is 0.199. The van der Waals surface area contributed by atoms with E-state index in [0.29, 0.717) is 49.1 Å². The lowest BCUT2D eigenvalue weighted by Gasteiger charge is -2.18. The van der Waals surface area contributed by atoms with Gasteiger partial charge in [-0.25, -0.2) is 8.42 Å². The summed E-state index contributed by atoms with van der Waals surface area (Å²) in [5, 5.41) is 2.77. The van der Waals surface area contributed by atoms with Gasteiger partial charge in [-0.3, -0.25) is 4.79 Å². The average Bonchev–Trinajstić information content (AvgIpc) is 2.94. The van der Waals surface area contributed by atoms with Gasteiger partial charge in [0, 0.05) is 30.8 Å². The van der Waals surface area contributed by atoms with Gasteiger partial charge < -0.3 is 14.8 Å². The molecule has 0 saturated carbocycles. The second-order valence-electron chi connectivity index (χ2n) is 6.28. The van der Waals surface area contributed by atoms with E-state index in [4.69, 9.17) is 9.47 Å². The van der Waals surface area contributed by atoms with Crippen LogP contribution in [0.2, 0.25) is 0 Å². The van der Waals surface area contributed by atoms with Crippen molar-refractivity contribution in [2.45, 2.75) is 25.2 Å². The number of anilines is 1. The van der Waals surface area contributed by atoms with Gasteiger partial charge in [0.05, 0.1) is 18.1 Å². The van der Waals surface area contributed by atoms with E-state index in [0.717, 1.165) is 6.42 Å². The van der Waals surface area contributed by atoms with E-state index >= 15 is 0 Å². The van der Waals surface area contributed by atoms with Crippen molar-refractivity contribution < 1.29 is 22.7 Å². The Hall–Kier alpha value is -2.58. The van der Waals surface area contributed by atoms with Crippen molar-refractivity contribution >= 4 is 21.6 Å². The van der Waals surface area contributed by atoms with E-state index in [2.05, 4.69) is 5.32 Å². The van der Waals surface area contributed by atoms with Crippen LogP contribution in [0.4, 0.5) is 5.69 Å². The molecule has 0 saturated heterocycles. The summed E-state index contributed by atoms with van der Waals surface area (Å²) in [6.45, 7) is 5.53. The zero-order valence-electron chi connectivity index (χ0n) is 16.0. The summed E-state index contributed by atoms with van der Waals surface area (Å²) >= 11 is 0. The Kier molecular flexibility index (Phi) is 6.21. The highest BCUT2D eigenvalue weighted by atomic mass is 32.2. The summed E-state index contributed by atoms with van der Waals surface area (Å²) in [6.07, 6.45) is 0.791. The molecule has 150 valence electrons. The smallest absolute Gasteiger partial charge is 0.255 e. The van der Waals surface area contributed by atoms with Crippen molar-refractivity contribution in [2.75, 3.05) is 31.6 Å². The van der Waals surface area contributed by atoms with Crippen LogP contribution in [0.25, 0.3) is 0 Å². The molecule has 1 aliphatic heterocycles. The van der Waals surface area contributed by atoms with Gasteiger partial charge >= 0.3 is 0 Å². The first kappa shape index (κ1) is 20.2. The number of carbonyl (C=O) groups is 1. The van der Waals surface area contributed by atoms with E-state index in [9.17, 15) is 13.2 Å². The highest BCUT2D eigenvalue weighted by molar-refractivity contribution is 7.89. The number of carbonyl (C=O) groups excluding carboxylic acids is 1. The van der Waals surface area contributed by atoms with E-state index in [1.807, 2.05) is 0 Å². The molecule has 0 radical (unpaired) electrons. The fraction of sp³-hybridized carbons (Fsp3) is 0.350. The van der Waals surface area contributed by atoms with E-state index in [1.54, 1.807) is 44.2 Å². The average molecular weight is 404 g/mol. The molecule has 1 amide bonds. The molecule has 0 unspecified atom stereocenters. The summed E-state index contributed by atoms with van der Waals surface area (Å²) in [4.78, 5) is 12.7. The predicted molar refractivity (Wildman–Crippen MR) is 107 cm³/mol. The topological polar surface area (TPSA) is 84.9 Å². The summed E-state index contributed by atoms with van der Waals surface area (Å²) in [7, 11) is -3.52. The largest absolute Gasteiger partial charge is 0.490 e. The van der Waals surface area contributed by atoms with Gasteiger partial charge in [0.15, 0.2) is 11.5 Å². The number of hydrogen-bond acceptors (Lipinski definition) is 5. The van der Waals surface area contributed by atoms with Gasteiger partial charge in [0.25, 0.3) is 5.91 Å². The van der Waals surface area contributed by atoms with Crippen LogP contribution in [0, 0.1) is 0 Å². The molecule has 8 heteroatoms. The first-order chi connectivity index (χ1) is 13.5. The summed E-state index contributed by atoms with van der Waals surface area (Å²) in [5.74, 6) is 0.862. The molecule has 1 N–H and O–H groups in total. The summed E-state index contributed by atoms with van der Waals surface area (Å²) in [5.41, 5.74) is 0.944. The van der Waals surface area contributed by atoms with Gasteiger partial charge in [-0.2, -0.15) is 4.31 Å². The van der Waals surface area contributed by atoms with Crippen molar-refractivity contribution in [3.05, 3.63) is 48.0 Å². The number of ether oxygens (including phenoxy) is 2. The van der Waals surface area contributed by atoms with Crippen molar-refractivity contribution in [1.82, 2.24) is 4.31 Å². The lowest BCUT2D eigenvalue weighted by Crippen LogP contribution is -2.30. The number of nitrogens with one attached hydrogen (secondary N) is 1. The molecule has 0 bridgehead atoms. The standard InChI is InChI=1S/C20H24N2O5S/c1-3-22(4-2)28(24,25)17-9-7-16(8-10-17)21-20(23)15-6-11-18-19(14-15)27-13-5-12-26-18/h6-11,14H,3-5,12-13H2,1-2H3,(H,21,23). The number of rotatable bonds is 6. The van der Waals surface area contributed by atoms with Crippen molar-refractivity contribution in [3.63, 3.8) is 0 Å². The Bertz CT molecular complexity index is 938. The van der Waals surface area contributed by atoms with Crippen molar-refractivity contribution in [3.8, 4) is 11.5 Å². The first-order valence-electron chi connectivity index (χ1n) is 9.27. The second-order valence-corrected chi connectivity index (χ2v) is 8.22. The maximum atomic E-state index is 12.5. The molecular weight excluding hydrogens is 380 g/mol. The molecule has 7 nitrogen and oxygen atoms in total. The monoisotopic (exact) mass is 404 g/mol. The summed E-state index contributed by atoms with van der Waals surface area (Å²) < 4.78 is 37.6. The van der Waals surface area contributed by atoms with E-state index in [1.165, 1.54) is 16.4 Å². The van der Waals surface area contributed by atoms with Crippen LogP contribution < -0.4 is 14.8 Å². The van der Waals surface area contributed by atoms with Gasteiger partial charge in [-0.05, 0) is 42.5 Å². The van der Waals surface area contributed by atoms with Crippen molar-refractivity contribution in [2.24, 2.45) is 0 Å². The molecule has 0 fully saturated rings. The second kappa shape index (κ2) is 8.62. The quantitative estimate of drug-likeness (QED) is 0.800. The maximum absolute atomic E-state index is 12.5. The third-order valence-corrected chi connectivity index (χ3v) is 6.53.